The van der Waals surface area contributed by atoms with Gasteiger partial charge in [0, 0.05) is 11.6 Å². The largest absolute Gasteiger partial charge is 0.346 e. The van der Waals surface area contributed by atoms with Gasteiger partial charge in [-0.25, -0.2) is 4.98 Å². The van der Waals surface area contributed by atoms with Crippen molar-refractivity contribution in [3.05, 3.63) is 22.1 Å². The lowest BCUT2D eigenvalue weighted by Gasteiger charge is -2.20. The SMILES string of the molecule is CSc1nc(C(=O)NC(C)(C)C)cc(=O)[nH]1. The van der Waals surface area contributed by atoms with E-state index in [1.165, 1.54) is 17.8 Å². The molecule has 0 saturated heterocycles. The van der Waals surface area contributed by atoms with Crippen molar-refractivity contribution in [1.82, 2.24) is 15.3 Å². The van der Waals surface area contributed by atoms with Crippen molar-refractivity contribution in [2.75, 3.05) is 6.26 Å². The first-order chi connectivity index (χ1) is 7.31. The van der Waals surface area contributed by atoms with E-state index >= 15 is 0 Å². The van der Waals surface area contributed by atoms with Gasteiger partial charge in [0.05, 0.1) is 0 Å². The maximum absolute atomic E-state index is 11.7. The van der Waals surface area contributed by atoms with E-state index in [0.29, 0.717) is 5.16 Å². The van der Waals surface area contributed by atoms with Crippen LogP contribution in [0.2, 0.25) is 0 Å². The highest BCUT2D eigenvalue weighted by molar-refractivity contribution is 7.98. The Labute approximate surface area is 98.1 Å². The molecule has 0 aliphatic carbocycles. The van der Waals surface area contributed by atoms with Crippen LogP contribution in [0.15, 0.2) is 16.0 Å². The number of amides is 1. The summed E-state index contributed by atoms with van der Waals surface area (Å²) in [5.41, 5.74) is -0.526. The Kier molecular flexibility index (Phi) is 3.74. The smallest absolute Gasteiger partial charge is 0.270 e. The van der Waals surface area contributed by atoms with Gasteiger partial charge in [-0.3, -0.25) is 9.59 Å². The molecule has 1 rings (SSSR count). The number of hydrogen-bond donors (Lipinski definition) is 2. The second kappa shape index (κ2) is 4.69. The molecule has 0 saturated carbocycles. The number of H-pyrrole nitrogens is 1. The summed E-state index contributed by atoms with van der Waals surface area (Å²) < 4.78 is 0. The normalized spacial score (nSPS) is 11.2. The molecule has 6 heteroatoms. The summed E-state index contributed by atoms with van der Waals surface area (Å²) >= 11 is 1.29. The van der Waals surface area contributed by atoms with Gasteiger partial charge >= 0.3 is 0 Å². The Balaban J connectivity index is 3.00. The highest BCUT2D eigenvalue weighted by Crippen LogP contribution is 2.07. The minimum atomic E-state index is -0.346. The second-order valence-corrected chi connectivity index (χ2v) is 5.14. The molecule has 0 radical (unpaired) electrons. The highest BCUT2D eigenvalue weighted by Gasteiger charge is 2.17. The van der Waals surface area contributed by atoms with Crippen molar-refractivity contribution in [3.63, 3.8) is 0 Å². The van der Waals surface area contributed by atoms with Crippen LogP contribution in [0.25, 0.3) is 0 Å². The maximum atomic E-state index is 11.7. The van der Waals surface area contributed by atoms with Crippen LogP contribution in [-0.2, 0) is 0 Å². The number of aromatic amines is 1. The lowest BCUT2D eigenvalue weighted by Crippen LogP contribution is -2.41. The Bertz CT molecular complexity index is 448. The first-order valence-electron chi connectivity index (χ1n) is 4.80. The molecule has 0 bridgehead atoms. The minimum Gasteiger partial charge on any atom is -0.346 e. The summed E-state index contributed by atoms with van der Waals surface area (Å²) in [7, 11) is 0. The molecule has 0 spiro atoms. The van der Waals surface area contributed by atoms with Crippen molar-refractivity contribution in [3.8, 4) is 0 Å². The van der Waals surface area contributed by atoms with Gasteiger partial charge in [-0.1, -0.05) is 11.8 Å². The van der Waals surface area contributed by atoms with Crippen LogP contribution < -0.4 is 10.9 Å². The molecule has 1 aromatic heterocycles. The Morgan fingerprint density at radius 1 is 1.50 bits per heavy atom. The third-order valence-corrected chi connectivity index (χ3v) is 2.21. The molecule has 0 unspecified atom stereocenters. The van der Waals surface area contributed by atoms with E-state index in [2.05, 4.69) is 15.3 Å². The molecule has 16 heavy (non-hydrogen) atoms. The topological polar surface area (TPSA) is 74.8 Å². The van der Waals surface area contributed by atoms with Crippen molar-refractivity contribution >= 4 is 17.7 Å². The molecule has 0 fully saturated rings. The van der Waals surface area contributed by atoms with Crippen LogP contribution in [0.3, 0.4) is 0 Å². The van der Waals surface area contributed by atoms with Crippen LogP contribution >= 0.6 is 11.8 Å². The van der Waals surface area contributed by atoms with E-state index < -0.39 is 0 Å². The zero-order valence-corrected chi connectivity index (χ0v) is 10.6. The Morgan fingerprint density at radius 3 is 2.62 bits per heavy atom. The van der Waals surface area contributed by atoms with Gasteiger partial charge in [-0.15, -0.1) is 0 Å². The van der Waals surface area contributed by atoms with Crippen LogP contribution in [0.5, 0.6) is 0 Å². The Morgan fingerprint density at radius 2 is 2.12 bits per heavy atom. The third kappa shape index (κ3) is 3.69. The summed E-state index contributed by atoms with van der Waals surface area (Å²) in [6.45, 7) is 5.61. The zero-order chi connectivity index (χ0) is 12.3. The molecule has 1 heterocycles. The molecule has 88 valence electrons. The summed E-state index contributed by atoms with van der Waals surface area (Å²) in [5.74, 6) is -0.339. The van der Waals surface area contributed by atoms with Crippen LogP contribution in [-0.4, -0.2) is 27.7 Å². The van der Waals surface area contributed by atoms with Crippen LogP contribution in [0.1, 0.15) is 31.3 Å². The fraction of sp³-hybridized carbons (Fsp3) is 0.500. The van der Waals surface area contributed by atoms with Crippen molar-refractivity contribution in [2.24, 2.45) is 0 Å². The van der Waals surface area contributed by atoms with Gasteiger partial charge in [0.25, 0.3) is 11.5 Å². The number of rotatable bonds is 2. The summed E-state index contributed by atoms with van der Waals surface area (Å²) in [6.07, 6.45) is 1.78. The predicted octanol–water partition coefficient (Wildman–Crippen LogP) is 1.02. The molecule has 5 nitrogen and oxygen atoms in total. The molecule has 0 aliphatic heterocycles. The van der Waals surface area contributed by atoms with Gasteiger partial charge in [0.2, 0.25) is 0 Å². The van der Waals surface area contributed by atoms with Gasteiger partial charge in [0.15, 0.2) is 5.16 Å². The third-order valence-electron chi connectivity index (χ3n) is 1.63. The summed E-state index contributed by atoms with van der Waals surface area (Å²) in [6, 6.07) is 1.20. The standard InChI is InChI=1S/C10H15N3O2S/c1-10(2,3)13-8(15)6-5-7(14)12-9(11-6)16-4/h5H,1-4H3,(H,13,15)(H,11,12,14). The molecule has 1 aromatic rings. The molecular formula is C10H15N3O2S. The molecule has 2 N–H and O–H groups in total. The van der Waals surface area contributed by atoms with E-state index in [-0.39, 0.29) is 22.7 Å². The molecule has 1 amide bonds. The van der Waals surface area contributed by atoms with E-state index in [0.717, 1.165) is 0 Å². The first-order valence-corrected chi connectivity index (χ1v) is 6.02. The summed E-state index contributed by atoms with van der Waals surface area (Å²) in [4.78, 5) is 29.6. The number of aromatic nitrogens is 2. The van der Waals surface area contributed by atoms with Crippen molar-refractivity contribution in [2.45, 2.75) is 31.5 Å². The lowest BCUT2D eigenvalue weighted by atomic mass is 10.1. The first kappa shape index (κ1) is 12.8. The van der Waals surface area contributed by atoms with E-state index in [4.69, 9.17) is 0 Å². The molecular weight excluding hydrogens is 226 g/mol. The van der Waals surface area contributed by atoms with Crippen molar-refractivity contribution < 1.29 is 4.79 Å². The number of nitrogens with zero attached hydrogens (tertiary/aromatic N) is 1. The predicted molar refractivity (Wildman–Crippen MR) is 63.9 cm³/mol. The molecule has 0 aromatic carbocycles. The monoisotopic (exact) mass is 241 g/mol. The van der Waals surface area contributed by atoms with Crippen molar-refractivity contribution in [1.29, 1.82) is 0 Å². The number of hydrogen-bond acceptors (Lipinski definition) is 4. The summed E-state index contributed by atoms with van der Waals surface area (Å²) in [5, 5.41) is 3.19. The second-order valence-electron chi connectivity index (χ2n) is 4.34. The lowest BCUT2D eigenvalue weighted by molar-refractivity contribution is 0.0913. The van der Waals surface area contributed by atoms with E-state index in [9.17, 15) is 9.59 Å². The minimum absolute atomic E-state index is 0.142. The van der Waals surface area contributed by atoms with E-state index in [1.807, 2.05) is 20.8 Å². The van der Waals surface area contributed by atoms with Gasteiger partial charge < -0.3 is 10.3 Å². The number of thioether (sulfide) groups is 1. The fourth-order valence-corrected chi connectivity index (χ4v) is 1.45. The van der Waals surface area contributed by atoms with Crippen LogP contribution in [0, 0.1) is 0 Å². The van der Waals surface area contributed by atoms with E-state index in [1.54, 1.807) is 6.26 Å². The quantitative estimate of drug-likeness (QED) is 0.599. The van der Waals surface area contributed by atoms with Gasteiger partial charge in [-0.2, -0.15) is 0 Å². The number of nitrogens with one attached hydrogen (secondary N) is 2. The Hall–Kier alpha value is -1.30. The average Bonchev–Trinajstić information content (AvgIpc) is 2.14. The molecule has 0 aliphatic rings. The zero-order valence-electron chi connectivity index (χ0n) is 9.75. The maximum Gasteiger partial charge on any atom is 0.270 e. The highest BCUT2D eigenvalue weighted by atomic mass is 32.2. The number of carbonyl (C=O) groups excluding carboxylic acids is 1. The fourth-order valence-electron chi connectivity index (χ4n) is 1.05. The average molecular weight is 241 g/mol. The van der Waals surface area contributed by atoms with Crippen LogP contribution in [0.4, 0.5) is 0 Å². The number of carbonyl (C=O) groups is 1. The molecule has 0 atom stereocenters. The van der Waals surface area contributed by atoms with Gasteiger partial charge in [0.1, 0.15) is 5.69 Å². The van der Waals surface area contributed by atoms with Gasteiger partial charge in [-0.05, 0) is 27.0 Å².